The Hall–Kier alpha value is -1.66. The molecule has 0 fully saturated rings. The lowest BCUT2D eigenvalue weighted by Gasteiger charge is -1.98. The molecule has 0 amide bonds. The van der Waals surface area contributed by atoms with E-state index in [1.54, 1.807) is 0 Å². The van der Waals surface area contributed by atoms with E-state index >= 15 is 0 Å². The lowest BCUT2D eigenvalue weighted by atomic mass is 10.1. The highest BCUT2D eigenvalue weighted by Gasteiger charge is 1.96. The Balaban J connectivity index is 5.49. The highest BCUT2D eigenvalue weighted by atomic mass is 14.0. The third-order valence-electron chi connectivity index (χ3n) is 3.53. The Bertz CT molecular complexity index is 458. The van der Waals surface area contributed by atoms with Crippen LogP contribution in [-0.2, 0) is 0 Å². The van der Waals surface area contributed by atoms with Gasteiger partial charge < -0.3 is 0 Å². The zero-order chi connectivity index (χ0) is 17.9. The minimum absolute atomic E-state index is 0.969. The SMILES string of the molecule is CCC/C=C/C(C#CCCCC)=C(C#CCCCC)/C=C/CCC. The third-order valence-corrected chi connectivity index (χ3v) is 3.53. The summed E-state index contributed by atoms with van der Waals surface area (Å²) in [5, 5.41) is 0. The quantitative estimate of drug-likeness (QED) is 0.223. The molecule has 0 saturated heterocycles. The summed E-state index contributed by atoms with van der Waals surface area (Å²) in [6, 6.07) is 0. The molecule has 0 aliphatic rings. The van der Waals surface area contributed by atoms with Crippen LogP contribution in [0.25, 0.3) is 0 Å². The van der Waals surface area contributed by atoms with Crippen LogP contribution in [-0.4, -0.2) is 0 Å². The molecule has 0 N–H and O–H groups in total. The minimum Gasteiger partial charge on any atom is -0.0978 e. The lowest BCUT2D eigenvalue weighted by molar-refractivity contribution is 0.828. The Kier molecular flexibility index (Phi) is 16.5. The van der Waals surface area contributed by atoms with E-state index in [-0.39, 0.29) is 0 Å². The number of unbranched alkanes of at least 4 members (excludes halogenated alkanes) is 6. The van der Waals surface area contributed by atoms with E-state index in [1.807, 2.05) is 0 Å². The number of allylic oxidation sites excluding steroid dienone is 6. The van der Waals surface area contributed by atoms with Gasteiger partial charge in [0.05, 0.1) is 0 Å². The van der Waals surface area contributed by atoms with Crippen LogP contribution in [0.4, 0.5) is 0 Å². The lowest BCUT2D eigenvalue weighted by Crippen LogP contribution is -1.84. The summed E-state index contributed by atoms with van der Waals surface area (Å²) in [5.41, 5.74) is 2.16. The fraction of sp³-hybridized carbons (Fsp3) is 0.583. The molecule has 0 heterocycles. The van der Waals surface area contributed by atoms with Crippen molar-refractivity contribution in [2.24, 2.45) is 0 Å². The summed E-state index contributed by atoms with van der Waals surface area (Å²) in [5.74, 6) is 13.4. The van der Waals surface area contributed by atoms with Crippen molar-refractivity contribution in [3.8, 4) is 23.7 Å². The molecule has 0 radical (unpaired) electrons. The average Bonchev–Trinajstić information content (AvgIpc) is 2.59. The standard InChI is InChI=1S/C24H36/c1-5-9-13-17-21-23(19-15-11-7-3)24(20-16-12-8-4)22-18-14-10-6-2/h15-16,19-20H,5-14H2,1-4H3/b19-15+,20-16+,24-23+. The Morgan fingerprint density at radius 2 is 1.04 bits per heavy atom. The van der Waals surface area contributed by atoms with Gasteiger partial charge in [0, 0.05) is 24.0 Å². The van der Waals surface area contributed by atoms with Crippen molar-refractivity contribution < 1.29 is 0 Å². The van der Waals surface area contributed by atoms with Crippen LogP contribution in [0.5, 0.6) is 0 Å². The van der Waals surface area contributed by atoms with Gasteiger partial charge in [0.15, 0.2) is 0 Å². The van der Waals surface area contributed by atoms with Crippen molar-refractivity contribution in [3.05, 3.63) is 35.5 Å². The van der Waals surface area contributed by atoms with Gasteiger partial charge in [-0.2, -0.15) is 0 Å². The fourth-order valence-electron chi connectivity index (χ4n) is 1.98. The Labute approximate surface area is 151 Å². The van der Waals surface area contributed by atoms with Gasteiger partial charge in [-0.25, -0.2) is 0 Å². The van der Waals surface area contributed by atoms with Gasteiger partial charge in [-0.05, 0) is 37.8 Å². The van der Waals surface area contributed by atoms with Gasteiger partial charge >= 0.3 is 0 Å². The molecule has 0 aromatic heterocycles. The van der Waals surface area contributed by atoms with E-state index in [0.29, 0.717) is 0 Å². The average molecular weight is 325 g/mol. The molecular formula is C24H36. The molecule has 0 aliphatic carbocycles. The molecule has 0 spiro atoms. The maximum Gasteiger partial charge on any atom is 0.0398 e. The van der Waals surface area contributed by atoms with Crippen LogP contribution in [0.15, 0.2) is 35.5 Å². The van der Waals surface area contributed by atoms with Crippen LogP contribution in [0.1, 0.15) is 91.9 Å². The summed E-state index contributed by atoms with van der Waals surface area (Å²) in [4.78, 5) is 0. The molecule has 0 rings (SSSR count). The van der Waals surface area contributed by atoms with Crippen LogP contribution in [0.3, 0.4) is 0 Å². The van der Waals surface area contributed by atoms with Gasteiger partial charge in [-0.15, -0.1) is 0 Å². The molecule has 0 saturated carbocycles. The zero-order valence-corrected chi connectivity index (χ0v) is 16.4. The van der Waals surface area contributed by atoms with E-state index in [1.165, 1.54) is 25.7 Å². The zero-order valence-electron chi connectivity index (χ0n) is 16.4. The largest absolute Gasteiger partial charge is 0.0978 e. The first-order chi connectivity index (χ1) is 11.8. The molecule has 0 unspecified atom stereocenters. The number of hydrogen-bond acceptors (Lipinski definition) is 0. The molecule has 0 aromatic carbocycles. The predicted molar refractivity (Wildman–Crippen MR) is 110 cm³/mol. The summed E-state index contributed by atoms with van der Waals surface area (Å²) >= 11 is 0. The van der Waals surface area contributed by atoms with Gasteiger partial charge in [0.2, 0.25) is 0 Å². The second-order valence-corrected chi connectivity index (χ2v) is 6.02. The van der Waals surface area contributed by atoms with Crippen LogP contribution >= 0.6 is 0 Å². The first kappa shape index (κ1) is 22.3. The Morgan fingerprint density at radius 3 is 1.38 bits per heavy atom. The smallest absolute Gasteiger partial charge is 0.0398 e. The summed E-state index contributed by atoms with van der Waals surface area (Å²) in [6.45, 7) is 8.82. The van der Waals surface area contributed by atoms with Crippen molar-refractivity contribution in [2.75, 3.05) is 0 Å². The number of hydrogen-bond donors (Lipinski definition) is 0. The molecule has 0 heteroatoms. The predicted octanol–water partition coefficient (Wildman–Crippen LogP) is 7.38. The highest BCUT2D eigenvalue weighted by Crippen LogP contribution is 2.10. The second kappa shape index (κ2) is 17.7. The second-order valence-electron chi connectivity index (χ2n) is 6.02. The maximum absolute atomic E-state index is 3.37. The molecule has 0 aromatic rings. The molecular weight excluding hydrogens is 288 g/mol. The number of rotatable bonds is 10. The van der Waals surface area contributed by atoms with Gasteiger partial charge in [0.1, 0.15) is 0 Å². The Morgan fingerprint density at radius 1 is 0.625 bits per heavy atom. The molecule has 0 nitrogen and oxygen atoms in total. The van der Waals surface area contributed by atoms with Crippen molar-refractivity contribution in [1.29, 1.82) is 0 Å². The van der Waals surface area contributed by atoms with Crippen molar-refractivity contribution in [1.82, 2.24) is 0 Å². The maximum atomic E-state index is 3.37. The van der Waals surface area contributed by atoms with E-state index in [0.717, 1.165) is 49.7 Å². The van der Waals surface area contributed by atoms with Gasteiger partial charge in [-0.3, -0.25) is 0 Å². The van der Waals surface area contributed by atoms with Crippen LogP contribution in [0.2, 0.25) is 0 Å². The summed E-state index contributed by atoms with van der Waals surface area (Å²) < 4.78 is 0. The molecule has 24 heavy (non-hydrogen) atoms. The van der Waals surface area contributed by atoms with Gasteiger partial charge in [0.25, 0.3) is 0 Å². The molecule has 0 atom stereocenters. The third kappa shape index (κ3) is 12.8. The molecule has 0 bridgehead atoms. The first-order valence-electron chi connectivity index (χ1n) is 9.85. The van der Waals surface area contributed by atoms with E-state index in [4.69, 9.17) is 0 Å². The first-order valence-corrected chi connectivity index (χ1v) is 9.85. The molecule has 0 aliphatic heterocycles. The van der Waals surface area contributed by atoms with Crippen molar-refractivity contribution in [2.45, 2.75) is 91.9 Å². The minimum atomic E-state index is 0.969. The van der Waals surface area contributed by atoms with E-state index in [2.05, 4.69) is 75.7 Å². The van der Waals surface area contributed by atoms with Gasteiger partial charge in [-0.1, -0.05) is 89.2 Å². The van der Waals surface area contributed by atoms with Crippen LogP contribution in [0, 0.1) is 23.7 Å². The van der Waals surface area contributed by atoms with Crippen molar-refractivity contribution in [3.63, 3.8) is 0 Å². The van der Waals surface area contributed by atoms with Crippen molar-refractivity contribution >= 4 is 0 Å². The van der Waals surface area contributed by atoms with Crippen LogP contribution < -0.4 is 0 Å². The summed E-state index contributed by atoms with van der Waals surface area (Å²) in [6.07, 6.45) is 20.0. The summed E-state index contributed by atoms with van der Waals surface area (Å²) in [7, 11) is 0. The van der Waals surface area contributed by atoms with E-state index < -0.39 is 0 Å². The topological polar surface area (TPSA) is 0 Å². The fourth-order valence-corrected chi connectivity index (χ4v) is 1.98. The highest BCUT2D eigenvalue weighted by molar-refractivity contribution is 5.54. The van der Waals surface area contributed by atoms with E-state index in [9.17, 15) is 0 Å². The molecule has 132 valence electrons. The normalized spacial score (nSPS) is 11.8. The monoisotopic (exact) mass is 324 g/mol.